The number of carbonyl (C=O) groups excluding carboxylic acids is 1. The molecule has 1 aromatic carbocycles. The minimum atomic E-state index is -3.55. The summed E-state index contributed by atoms with van der Waals surface area (Å²) in [5, 5.41) is 1.50. The second-order valence-electron chi connectivity index (χ2n) is 3.97. The quantitative estimate of drug-likeness (QED) is 0.827. The van der Waals surface area contributed by atoms with Crippen LogP contribution in [0.1, 0.15) is 18.9 Å². The summed E-state index contributed by atoms with van der Waals surface area (Å²) in [4.78, 5) is 11.4. The van der Waals surface area contributed by atoms with E-state index in [0.717, 1.165) is 11.6 Å². The fourth-order valence-electron chi connectivity index (χ4n) is 1.51. The van der Waals surface area contributed by atoms with Crippen molar-refractivity contribution in [1.82, 2.24) is 5.32 Å². The molecule has 18 heavy (non-hydrogen) atoms. The zero-order valence-corrected chi connectivity index (χ0v) is 11.3. The van der Waals surface area contributed by atoms with E-state index >= 15 is 0 Å². The van der Waals surface area contributed by atoms with E-state index in [0.29, 0.717) is 6.42 Å². The van der Waals surface area contributed by atoms with Crippen LogP contribution in [0.4, 0.5) is 0 Å². The van der Waals surface area contributed by atoms with Crippen LogP contribution < -0.4 is 5.32 Å². The Balaban J connectivity index is 3.06. The first-order chi connectivity index (χ1) is 8.41. The van der Waals surface area contributed by atoms with Crippen molar-refractivity contribution in [2.45, 2.75) is 30.5 Å². The molecule has 0 saturated heterocycles. The lowest BCUT2D eigenvalue weighted by Crippen LogP contribution is -2.39. The molecule has 1 unspecified atom stereocenters. The van der Waals surface area contributed by atoms with Crippen molar-refractivity contribution in [3.05, 3.63) is 42.5 Å². The Kier molecular flexibility index (Phi) is 4.67. The van der Waals surface area contributed by atoms with E-state index < -0.39 is 21.1 Å². The number of sulfone groups is 1. The number of nitrogens with one attached hydrogen (secondary N) is 1. The van der Waals surface area contributed by atoms with Crippen LogP contribution in [0.25, 0.3) is 0 Å². The van der Waals surface area contributed by atoms with E-state index in [1.54, 1.807) is 31.2 Å². The van der Waals surface area contributed by atoms with Crippen LogP contribution in [-0.2, 0) is 14.6 Å². The van der Waals surface area contributed by atoms with Gasteiger partial charge in [-0.15, -0.1) is 0 Å². The average molecular weight is 267 g/mol. The standard InChI is InChI=1S/C13H17NO3S/c1-4-12(15)14-13(5-2)18(16,17)11-8-6-10(3)7-9-11/h4,6-9,13H,1,5H2,2-3H3,(H,14,15). The van der Waals surface area contributed by atoms with Crippen LogP contribution in [0.15, 0.2) is 41.8 Å². The smallest absolute Gasteiger partial charge is 0.244 e. The van der Waals surface area contributed by atoms with Gasteiger partial charge in [0.15, 0.2) is 9.84 Å². The molecule has 1 atom stereocenters. The molecule has 5 heteroatoms. The highest BCUT2D eigenvalue weighted by Gasteiger charge is 2.26. The number of hydrogen-bond donors (Lipinski definition) is 1. The Hall–Kier alpha value is -1.62. The first-order valence-electron chi connectivity index (χ1n) is 5.65. The van der Waals surface area contributed by atoms with E-state index in [-0.39, 0.29) is 4.90 Å². The highest BCUT2D eigenvalue weighted by atomic mass is 32.2. The van der Waals surface area contributed by atoms with Crippen LogP contribution in [0.5, 0.6) is 0 Å². The minimum absolute atomic E-state index is 0.212. The molecule has 0 aromatic heterocycles. The predicted octanol–water partition coefficient (Wildman–Crippen LogP) is 1.81. The summed E-state index contributed by atoms with van der Waals surface area (Å²) in [6.45, 7) is 6.90. The molecule has 98 valence electrons. The molecule has 4 nitrogen and oxygen atoms in total. The maximum absolute atomic E-state index is 12.3. The SMILES string of the molecule is C=CC(=O)NC(CC)S(=O)(=O)c1ccc(C)cc1. The first-order valence-corrected chi connectivity index (χ1v) is 7.20. The van der Waals surface area contributed by atoms with Crippen molar-refractivity contribution >= 4 is 15.7 Å². The lowest BCUT2D eigenvalue weighted by Gasteiger charge is -2.16. The summed E-state index contributed by atoms with van der Waals surface area (Å²) >= 11 is 0. The Bertz CT molecular complexity index is 532. The maximum Gasteiger partial charge on any atom is 0.244 e. The van der Waals surface area contributed by atoms with Crippen molar-refractivity contribution in [3.8, 4) is 0 Å². The van der Waals surface area contributed by atoms with Crippen molar-refractivity contribution in [2.24, 2.45) is 0 Å². The van der Waals surface area contributed by atoms with Gasteiger partial charge in [0.1, 0.15) is 5.37 Å². The lowest BCUT2D eigenvalue weighted by molar-refractivity contribution is -0.116. The van der Waals surface area contributed by atoms with Gasteiger partial charge >= 0.3 is 0 Å². The van der Waals surface area contributed by atoms with E-state index in [2.05, 4.69) is 11.9 Å². The predicted molar refractivity (Wildman–Crippen MR) is 70.8 cm³/mol. The average Bonchev–Trinajstić information content (AvgIpc) is 2.35. The first kappa shape index (κ1) is 14.4. The molecule has 0 aliphatic carbocycles. The number of carbonyl (C=O) groups is 1. The molecular formula is C13H17NO3S. The molecule has 1 rings (SSSR count). The number of benzene rings is 1. The molecule has 0 spiro atoms. The van der Waals surface area contributed by atoms with Gasteiger partial charge in [0.2, 0.25) is 5.91 Å². The molecular weight excluding hydrogens is 250 g/mol. The van der Waals surface area contributed by atoms with E-state index in [4.69, 9.17) is 0 Å². The van der Waals surface area contributed by atoms with Crippen molar-refractivity contribution in [2.75, 3.05) is 0 Å². The minimum Gasteiger partial charge on any atom is -0.336 e. The molecule has 1 aromatic rings. The molecule has 0 heterocycles. The molecule has 1 N–H and O–H groups in total. The molecule has 0 bridgehead atoms. The Morgan fingerprint density at radius 1 is 1.39 bits per heavy atom. The number of aryl methyl sites for hydroxylation is 1. The second kappa shape index (κ2) is 5.82. The van der Waals surface area contributed by atoms with Crippen LogP contribution in [0, 0.1) is 6.92 Å². The van der Waals surface area contributed by atoms with Crippen molar-refractivity contribution in [1.29, 1.82) is 0 Å². The molecule has 0 fully saturated rings. The van der Waals surface area contributed by atoms with Gasteiger partial charge in [0, 0.05) is 0 Å². The van der Waals surface area contributed by atoms with Crippen molar-refractivity contribution in [3.63, 3.8) is 0 Å². The van der Waals surface area contributed by atoms with Gasteiger partial charge in [-0.25, -0.2) is 8.42 Å². The van der Waals surface area contributed by atoms with Crippen molar-refractivity contribution < 1.29 is 13.2 Å². The third-order valence-electron chi connectivity index (χ3n) is 2.58. The van der Waals surface area contributed by atoms with Crippen LogP contribution in [0.3, 0.4) is 0 Å². The normalized spacial score (nSPS) is 12.8. The van der Waals surface area contributed by atoms with Gasteiger partial charge in [-0.3, -0.25) is 4.79 Å². The lowest BCUT2D eigenvalue weighted by atomic mass is 10.2. The Morgan fingerprint density at radius 3 is 2.39 bits per heavy atom. The summed E-state index contributed by atoms with van der Waals surface area (Å²) in [6.07, 6.45) is 1.36. The summed E-state index contributed by atoms with van der Waals surface area (Å²) < 4.78 is 24.6. The van der Waals surface area contributed by atoms with Gasteiger partial charge in [-0.05, 0) is 31.6 Å². The highest BCUT2D eigenvalue weighted by molar-refractivity contribution is 7.92. The van der Waals surface area contributed by atoms with Gasteiger partial charge in [-0.2, -0.15) is 0 Å². The summed E-state index contributed by atoms with van der Waals surface area (Å²) in [7, 11) is -3.55. The van der Waals surface area contributed by atoms with Crippen LogP contribution in [-0.4, -0.2) is 19.7 Å². The Labute approximate surface area is 108 Å². The van der Waals surface area contributed by atoms with E-state index in [9.17, 15) is 13.2 Å². The molecule has 0 saturated carbocycles. The maximum atomic E-state index is 12.3. The largest absolute Gasteiger partial charge is 0.336 e. The topological polar surface area (TPSA) is 63.2 Å². The summed E-state index contributed by atoms with van der Waals surface area (Å²) in [6, 6.07) is 6.56. The third-order valence-corrected chi connectivity index (χ3v) is 4.71. The number of rotatable bonds is 5. The molecule has 0 aliphatic rings. The van der Waals surface area contributed by atoms with E-state index in [1.165, 1.54) is 0 Å². The fraction of sp³-hybridized carbons (Fsp3) is 0.308. The van der Waals surface area contributed by atoms with Gasteiger partial charge in [-0.1, -0.05) is 31.2 Å². The molecule has 0 radical (unpaired) electrons. The molecule has 0 aliphatic heterocycles. The second-order valence-corrected chi connectivity index (χ2v) is 6.10. The third kappa shape index (κ3) is 3.20. The molecule has 1 amide bonds. The Morgan fingerprint density at radius 2 is 1.94 bits per heavy atom. The van der Waals surface area contributed by atoms with Gasteiger partial charge in [0.05, 0.1) is 4.90 Å². The monoisotopic (exact) mass is 267 g/mol. The fourth-order valence-corrected chi connectivity index (χ4v) is 3.06. The van der Waals surface area contributed by atoms with Crippen LogP contribution >= 0.6 is 0 Å². The zero-order valence-electron chi connectivity index (χ0n) is 10.5. The van der Waals surface area contributed by atoms with Gasteiger partial charge in [0.25, 0.3) is 0 Å². The number of hydrogen-bond acceptors (Lipinski definition) is 3. The summed E-state index contributed by atoms with van der Waals surface area (Å²) in [5.74, 6) is -0.488. The zero-order chi connectivity index (χ0) is 13.8. The van der Waals surface area contributed by atoms with E-state index in [1.807, 2.05) is 6.92 Å². The van der Waals surface area contributed by atoms with Gasteiger partial charge < -0.3 is 5.32 Å². The summed E-state index contributed by atoms with van der Waals surface area (Å²) in [5.41, 5.74) is 0.983. The highest BCUT2D eigenvalue weighted by Crippen LogP contribution is 2.17. The number of amides is 1. The van der Waals surface area contributed by atoms with Crippen LogP contribution in [0.2, 0.25) is 0 Å².